The summed E-state index contributed by atoms with van der Waals surface area (Å²) >= 11 is 3.51. The third-order valence-electron chi connectivity index (χ3n) is 2.82. The number of hydrogen-bond donors (Lipinski definition) is 2. The summed E-state index contributed by atoms with van der Waals surface area (Å²) < 4.78 is 17.1. The zero-order chi connectivity index (χ0) is 15.5. The van der Waals surface area contributed by atoms with Gasteiger partial charge in [-0.3, -0.25) is 0 Å². The predicted molar refractivity (Wildman–Crippen MR) is 85.9 cm³/mol. The molecule has 1 rings (SSSR count). The van der Waals surface area contributed by atoms with Crippen molar-refractivity contribution < 1.29 is 19.3 Å². The number of nitrogens with one attached hydrogen (secondary N) is 1. The van der Waals surface area contributed by atoms with Crippen molar-refractivity contribution in [3.63, 3.8) is 0 Å². The first kappa shape index (κ1) is 18.4. The van der Waals surface area contributed by atoms with Gasteiger partial charge in [0, 0.05) is 30.2 Å². The van der Waals surface area contributed by atoms with Gasteiger partial charge in [-0.25, -0.2) is 0 Å². The molecule has 2 N–H and O–H groups in total. The second-order valence-corrected chi connectivity index (χ2v) is 5.48. The van der Waals surface area contributed by atoms with Crippen molar-refractivity contribution in [2.75, 3.05) is 46.7 Å². The van der Waals surface area contributed by atoms with Crippen molar-refractivity contribution in [1.29, 1.82) is 0 Å². The van der Waals surface area contributed by atoms with Crippen LogP contribution in [-0.4, -0.2) is 51.8 Å². The monoisotopic (exact) mass is 361 g/mol. The summed E-state index contributed by atoms with van der Waals surface area (Å²) in [7, 11) is 1.69. The largest absolute Gasteiger partial charge is 0.491 e. The maximum Gasteiger partial charge on any atom is 0.126 e. The first-order valence-electron chi connectivity index (χ1n) is 6.99. The normalized spacial score (nSPS) is 10.9. The molecule has 1 aromatic rings. The molecule has 0 fully saturated rings. The third-order valence-corrected chi connectivity index (χ3v) is 3.28. The van der Waals surface area contributed by atoms with Gasteiger partial charge < -0.3 is 24.6 Å². The Labute approximate surface area is 134 Å². The van der Waals surface area contributed by atoms with Crippen LogP contribution in [0.3, 0.4) is 0 Å². The number of methoxy groups -OCH3 is 1. The van der Waals surface area contributed by atoms with Crippen molar-refractivity contribution in [1.82, 2.24) is 5.32 Å². The summed E-state index contributed by atoms with van der Waals surface area (Å²) in [5, 5.41) is 12.0. The highest BCUT2D eigenvalue weighted by Gasteiger charge is 2.09. The number of rotatable bonds is 11. The van der Waals surface area contributed by atoms with E-state index in [4.69, 9.17) is 19.3 Å². The highest BCUT2D eigenvalue weighted by molar-refractivity contribution is 9.10. The molecule has 0 aliphatic heterocycles. The molecule has 0 aromatic heterocycles. The molecule has 0 saturated carbocycles. The number of halogens is 1. The van der Waals surface area contributed by atoms with Crippen LogP contribution in [0.2, 0.25) is 0 Å². The number of aryl methyl sites for hydroxylation is 1. The Kier molecular flexibility index (Phi) is 9.62. The molecule has 120 valence electrons. The minimum Gasteiger partial charge on any atom is -0.491 e. The minimum atomic E-state index is 0.0337. The molecule has 0 spiro atoms. The second kappa shape index (κ2) is 11.0. The topological polar surface area (TPSA) is 60.0 Å². The summed E-state index contributed by atoms with van der Waals surface area (Å²) in [4.78, 5) is 0. The molecular formula is C15H24BrNO4. The van der Waals surface area contributed by atoms with Gasteiger partial charge in [-0.15, -0.1) is 0 Å². The average Bonchev–Trinajstić information content (AvgIpc) is 2.45. The van der Waals surface area contributed by atoms with Crippen LogP contribution in [0, 0.1) is 6.92 Å². The van der Waals surface area contributed by atoms with Gasteiger partial charge in [0.05, 0.1) is 26.4 Å². The molecule has 0 bridgehead atoms. The lowest BCUT2D eigenvalue weighted by Gasteiger charge is -2.15. The van der Waals surface area contributed by atoms with E-state index >= 15 is 0 Å². The predicted octanol–water partition coefficient (Wildman–Crippen LogP) is 1.88. The Morgan fingerprint density at radius 3 is 2.71 bits per heavy atom. The molecule has 0 radical (unpaired) electrons. The van der Waals surface area contributed by atoms with E-state index in [1.807, 2.05) is 13.0 Å². The molecule has 1 aromatic carbocycles. The molecule has 0 amide bonds. The zero-order valence-corrected chi connectivity index (χ0v) is 14.2. The van der Waals surface area contributed by atoms with Crippen LogP contribution in [0.5, 0.6) is 5.75 Å². The van der Waals surface area contributed by atoms with E-state index < -0.39 is 0 Å². The lowest BCUT2D eigenvalue weighted by Crippen LogP contribution is -2.19. The molecule has 0 heterocycles. The number of ether oxygens (including phenoxy) is 3. The maximum absolute atomic E-state index is 8.65. The molecule has 0 aliphatic rings. The number of aliphatic hydroxyl groups is 1. The fourth-order valence-corrected chi connectivity index (χ4v) is 2.52. The van der Waals surface area contributed by atoms with E-state index in [0.717, 1.165) is 34.4 Å². The van der Waals surface area contributed by atoms with Gasteiger partial charge in [0.2, 0.25) is 0 Å². The molecule has 6 heteroatoms. The first-order valence-corrected chi connectivity index (χ1v) is 7.78. The summed E-state index contributed by atoms with van der Waals surface area (Å²) in [6.45, 7) is 5.52. The van der Waals surface area contributed by atoms with E-state index in [0.29, 0.717) is 26.4 Å². The van der Waals surface area contributed by atoms with E-state index in [-0.39, 0.29) is 6.61 Å². The molecule has 0 saturated heterocycles. The van der Waals surface area contributed by atoms with Gasteiger partial charge in [-0.1, -0.05) is 15.9 Å². The van der Waals surface area contributed by atoms with Crippen molar-refractivity contribution in [2.45, 2.75) is 13.5 Å². The van der Waals surface area contributed by atoms with Crippen LogP contribution in [0.15, 0.2) is 16.6 Å². The van der Waals surface area contributed by atoms with Crippen LogP contribution < -0.4 is 10.1 Å². The fourth-order valence-electron chi connectivity index (χ4n) is 1.90. The molecule has 0 aliphatic carbocycles. The van der Waals surface area contributed by atoms with Crippen LogP contribution in [0.25, 0.3) is 0 Å². The van der Waals surface area contributed by atoms with E-state index in [1.165, 1.54) is 0 Å². The van der Waals surface area contributed by atoms with E-state index in [9.17, 15) is 0 Å². The smallest absolute Gasteiger partial charge is 0.126 e. The number of hydrogen-bond acceptors (Lipinski definition) is 5. The van der Waals surface area contributed by atoms with Gasteiger partial charge in [0.1, 0.15) is 12.4 Å². The Bertz CT molecular complexity index is 415. The summed E-state index contributed by atoms with van der Waals surface area (Å²) in [6.07, 6.45) is 0. The molecule has 21 heavy (non-hydrogen) atoms. The van der Waals surface area contributed by atoms with Crippen LogP contribution >= 0.6 is 15.9 Å². The highest BCUT2D eigenvalue weighted by atomic mass is 79.9. The fraction of sp³-hybridized carbons (Fsp3) is 0.600. The minimum absolute atomic E-state index is 0.0337. The van der Waals surface area contributed by atoms with Gasteiger partial charge in [0.25, 0.3) is 0 Å². The average molecular weight is 362 g/mol. The van der Waals surface area contributed by atoms with Crippen LogP contribution in [-0.2, 0) is 16.0 Å². The van der Waals surface area contributed by atoms with Crippen molar-refractivity contribution in [2.24, 2.45) is 0 Å². The molecule has 5 nitrogen and oxygen atoms in total. The Morgan fingerprint density at radius 2 is 2.00 bits per heavy atom. The summed E-state index contributed by atoms with van der Waals surface area (Å²) in [6, 6.07) is 4.08. The number of benzene rings is 1. The maximum atomic E-state index is 8.65. The van der Waals surface area contributed by atoms with Gasteiger partial charge >= 0.3 is 0 Å². The lowest BCUT2D eigenvalue weighted by molar-refractivity contribution is 0.0701. The van der Waals surface area contributed by atoms with E-state index in [1.54, 1.807) is 7.11 Å². The van der Waals surface area contributed by atoms with Gasteiger partial charge in [-0.2, -0.15) is 0 Å². The molecule has 0 atom stereocenters. The Hall–Kier alpha value is -0.660. The standard InChI is InChI=1S/C15H24BrNO4/c1-12-9-14(16)10-13(11-17-3-5-19-2)15(12)21-8-7-20-6-4-18/h9-10,17-18H,3-8,11H2,1-2H3. The Morgan fingerprint density at radius 1 is 1.19 bits per heavy atom. The van der Waals surface area contributed by atoms with Crippen molar-refractivity contribution >= 4 is 15.9 Å². The van der Waals surface area contributed by atoms with Crippen molar-refractivity contribution in [3.05, 3.63) is 27.7 Å². The molecule has 0 unspecified atom stereocenters. The highest BCUT2D eigenvalue weighted by Crippen LogP contribution is 2.28. The third kappa shape index (κ3) is 7.24. The lowest BCUT2D eigenvalue weighted by atomic mass is 10.1. The summed E-state index contributed by atoms with van der Waals surface area (Å²) in [5.74, 6) is 0.885. The van der Waals surface area contributed by atoms with Crippen molar-refractivity contribution in [3.8, 4) is 5.75 Å². The summed E-state index contributed by atoms with van der Waals surface area (Å²) in [5.41, 5.74) is 2.18. The zero-order valence-electron chi connectivity index (χ0n) is 12.7. The van der Waals surface area contributed by atoms with Crippen LogP contribution in [0.1, 0.15) is 11.1 Å². The van der Waals surface area contributed by atoms with Crippen LogP contribution in [0.4, 0.5) is 0 Å². The quantitative estimate of drug-likeness (QED) is 0.589. The second-order valence-electron chi connectivity index (χ2n) is 4.56. The van der Waals surface area contributed by atoms with E-state index in [2.05, 4.69) is 27.3 Å². The van der Waals surface area contributed by atoms with Gasteiger partial charge in [0.15, 0.2) is 0 Å². The SMILES string of the molecule is COCCNCc1cc(Br)cc(C)c1OCCOCCO. The first-order chi connectivity index (χ1) is 10.2. The van der Waals surface area contributed by atoms with Gasteiger partial charge in [-0.05, 0) is 24.6 Å². The molecular weight excluding hydrogens is 338 g/mol. The Balaban J connectivity index is 2.57. The number of aliphatic hydroxyl groups excluding tert-OH is 1.